The van der Waals surface area contributed by atoms with Crippen LogP contribution in [0.1, 0.15) is 19.4 Å². The first kappa shape index (κ1) is 13.3. The second kappa shape index (κ2) is 6.12. The van der Waals surface area contributed by atoms with Gasteiger partial charge in [0.15, 0.2) is 0 Å². The molecule has 0 bridgehead atoms. The van der Waals surface area contributed by atoms with Crippen molar-refractivity contribution in [3.63, 3.8) is 0 Å². The number of rotatable bonds is 5. The summed E-state index contributed by atoms with van der Waals surface area (Å²) in [6.07, 6.45) is 0. The monoisotopic (exact) mass is 241 g/mol. The number of hydrogen-bond donors (Lipinski definition) is 1. The van der Waals surface area contributed by atoms with E-state index in [-0.39, 0.29) is 0 Å². The minimum absolute atomic E-state index is 0.308. The van der Waals surface area contributed by atoms with E-state index < -0.39 is 0 Å². The number of methoxy groups -OCH3 is 1. The van der Waals surface area contributed by atoms with Gasteiger partial charge in [0.25, 0.3) is 0 Å². The van der Waals surface area contributed by atoms with Crippen LogP contribution in [-0.4, -0.2) is 19.8 Å². The summed E-state index contributed by atoms with van der Waals surface area (Å²) < 4.78 is 5.21. The van der Waals surface area contributed by atoms with Gasteiger partial charge in [0.05, 0.1) is 12.6 Å². The van der Waals surface area contributed by atoms with E-state index in [0.717, 1.165) is 10.7 Å². The summed E-state index contributed by atoms with van der Waals surface area (Å²) in [6, 6.07) is 6.20. The Morgan fingerprint density at radius 1 is 1.38 bits per heavy atom. The number of hydrogen-bond acceptors (Lipinski definition) is 2. The molecule has 0 aliphatic rings. The minimum Gasteiger partial charge on any atom is -0.383 e. The van der Waals surface area contributed by atoms with Gasteiger partial charge < -0.3 is 10.1 Å². The van der Waals surface area contributed by atoms with Crippen LogP contribution in [0.25, 0.3) is 0 Å². The highest BCUT2D eigenvalue weighted by molar-refractivity contribution is 6.30. The van der Waals surface area contributed by atoms with Crippen LogP contribution < -0.4 is 5.32 Å². The molecule has 0 spiro atoms. The largest absolute Gasteiger partial charge is 0.383 e. The number of halogens is 1. The van der Waals surface area contributed by atoms with Gasteiger partial charge in [-0.05, 0) is 30.5 Å². The SMILES string of the molecule is COCC(Nc1cc(Cl)ccc1C)C(C)C. The Labute approximate surface area is 103 Å². The predicted octanol–water partition coefficient (Wildman–Crippen LogP) is 3.73. The molecule has 0 aromatic heterocycles. The third-order valence-corrected chi connectivity index (χ3v) is 2.93. The van der Waals surface area contributed by atoms with Crippen molar-refractivity contribution in [2.75, 3.05) is 19.0 Å². The number of nitrogens with one attached hydrogen (secondary N) is 1. The molecular formula is C13H20ClNO. The van der Waals surface area contributed by atoms with Gasteiger partial charge in [-0.3, -0.25) is 0 Å². The van der Waals surface area contributed by atoms with Crippen LogP contribution in [0, 0.1) is 12.8 Å². The molecule has 2 nitrogen and oxygen atoms in total. The molecule has 1 aromatic carbocycles. The van der Waals surface area contributed by atoms with Crippen molar-refractivity contribution < 1.29 is 4.74 Å². The van der Waals surface area contributed by atoms with Gasteiger partial charge >= 0.3 is 0 Å². The number of ether oxygens (including phenoxy) is 1. The van der Waals surface area contributed by atoms with Crippen LogP contribution >= 0.6 is 11.6 Å². The van der Waals surface area contributed by atoms with Crippen molar-refractivity contribution >= 4 is 17.3 Å². The van der Waals surface area contributed by atoms with Gasteiger partial charge in [0.2, 0.25) is 0 Å². The van der Waals surface area contributed by atoms with E-state index in [4.69, 9.17) is 16.3 Å². The average molecular weight is 242 g/mol. The Balaban J connectivity index is 2.80. The highest BCUT2D eigenvalue weighted by atomic mass is 35.5. The first-order chi connectivity index (χ1) is 7.54. The van der Waals surface area contributed by atoms with Crippen molar-refractivity contribution in [1.82, 2.24) is 0 Å². The van der Waals surface area contributed by atoms with Crippen molar-refractivity contribution in [3.05, 3.63) is 28.8 Å². The lowest BCUT2D eigenvalue weighted by Crippen LogP contribution is -2.30. The van der Waals surface area contributed by atoms with Gasteiger partial charge in [-0.15, -0.1) is 0 Å². The molecule has 0 aliphatic heterocycles. The Hall–Kier alpha value is -0.730. The Morgan fingerprint density at radius 3 is 2.62 bits per heavy atom. The molecule has 0 aliphatic carbocycles. The normalized spacial score (nSPS) is 12.9. The van der Waals surface area contributed by atoms with Crippen molar-refractivity contribution in [2.24, 2.45) is 5.92 Å². The molecule has 1 rings (SSSR count). The zero-order valence-corrected chi connectivity index (χ0v) is 11.1. The zero-order chi connectivity index (χ0) is 12.1. The molecule has 1 aromatic rings. The number of benzene rings is 1. The third kappa shape index (κ3) is 3.69. The summed E-state index contributed by atoms with van der Waals surface area (Å²) in [5, 5.41) is 4.24. The second-order valence-corrected chi connectivity index (χ2v) is 4.85. The molecule has 0 radical (unpaired) electrons. The second-order valence-electron chi connectivity index (χ2n) is 4.41. The molecule has 3 heteroatoms. The summed E-state index contributed by atoms with van der Waals surface area (Å²) in [5.41, 5.74) is 2.29. The lowest BCUT2D eigenvalue weighted by atomic mass is 10.0. The molecule has 1 N–H and O–H groups in total. The summed E-state index contributed by atoms with van der Waals surface area (Å²) in [5.74, 6) is 0.512. The van der Waals surface area contributed by atoms with Gasteiger partial charge in [-0.1, -0.05) is 31.5 Å². The van der Waals surface area contributed by atoms with Crippen LogP contribution in [-0.2, 0) is 4.74 Å². The zero-order valence-electron chi connectivity index (χ0n) is 10.4. The van der Waals surface area contributed by atoms with E-state index >= 15 is 0 Å². The maximum atomic E-state index is 5.99. The van der Waals surface area contributed by atoms with Crippen molar-refractivity contribution in [2.45, 2.75) is 26.8 Å². The molecule has 0 heterocycles. The first-order valence-electron chi connectivity index (χ1n) is 5.56. The number of aryl methyl sites for hydroxylation is 1. The van der Waals surface area contributed by atoms with Crippen LogP contribution in [0.4, 0.5) is 5.69 Å². The first-order valence-corrected chi connectivity index (χ1v) is 5.94. The predicted molar refractivity (Wildman–Crippen MR) is 70.3 cm³/mol. The van der Waals surface area contributed by atoms with Crippen LogP contribution in [0.2, 0.25) is 5.02 Å². The van der Waals surface area contributed by atoms with Gasteiger partial charge in [-0.2, -0.15) is 0 Å². The van der Waals surface area contributed by atoms with Crippen LogP contribution in [0.5, 0.6) is 0 Å². The Kier molecular flexibility index (Phi) is 5.10. The molecular weight excluding hydrogens is 222 g/mol. The number of anilines is 1. The fraction of sp³-hybridized carbons (Fsp3) is 0.538. The van der Waals surface area contributed by atoms with E-state index in [1.165, 1.54) is 5.56 Å². The minimum atomic E-state index is 0.308. The van der Waals surface area contributed by atoms with Crippen molar-refractivity contribution in [3.8, 4) is 0 Å². The van der Waals surface area contributed by atoms with Crippen LogP contribution in [0.3, 0.4) is 0 Å². The molecule has 16 heavy (non-hydrogen) atoms. The molecule has 1 atom stereocenters. The van der Waals surface area contributed by atoms with Crippen LogP contribution in [0.15, 0.2) is 18.2 Å². The fourth-order valence-corrected chi connectivity index (χ4v) is 1.70. The molecule has 0 saturated carbocycles. The molecule has 0 saturated heterocycles. The molecule has 0 fully saturated rings. The highest BCUT2D eigenvalue weighted by Crippen LogP contribution is 2.22. The quantitative estimate of drug-likeness (QED) is 0.848. The molecule has 90 valence electrons. The lowest BCUT2D eigenvalue weighted by molar-refractivity contribution is 0.171. The molecule has 0 amide bonds. The van der Waals surface area contributed by atoms with E-state index in [9.17, 15) is 0 Å². The van der Waals surface area contributed by atoms with Crippen molar-refractivity contribution in [1.29, 1.82) is 0 Å². The summed E-state index contributed by atoms with van der Waals surface area (Å²) in [6.45, 7) is 7.12. The lowest BCUT2D eigenvalue weighted by Gasteiger charge is -2.23. The van der Waals surface area contributed by atoms with E-state index in [1.54, 1.807) is 7.11 Å². The van der Waals surface area contributed by atoms with E-state index in [0.29, 0.717) is 18.6 Å². The summed E-state index contributed by atoms with van der Waals surface area (Å²) in [7, 11) is 1.72. The average Bonchev–Trinajstić information content (AvgIpc) is 2.22. The molecule has 1 unspecified atom stereocenters. The maximum absolute atomic E-state index is 5.99. The smallest absolute Gasteiger partial charge is 0.0666 e. The highest BCUT2D eigenvalue weighted by Gasteiger charge is 2.13. The van der Waals surface area contributed by atoms with Gasteiger partial charge in [0, 0.05) is 17.8 Å². The fourth-order valence-electron chi connectivity index (χ4n) is 1.53. The van der Waals surface area contributed by atoms with Gasteiger partial charge in [0.1, 0.15) is 0 Å². The summed E-state index contributed by atoms with van der Waals surface area (Å²) in [4.78, 5) is 0. The standard InChI is InChI=1S/C13H20ClNO/c1-9(2)13(8-16-4)15-12-7-11(14)6-5-10(12)3/h5-7,9,13,15H,8H2,1-4H3. The van der Waals surface area contributed by atoms with E-state index in [1.807, 2.05) is 18.2 Å². The van der Waals surface area contributed by atoms with Gasteiger partial charge in [-0.25, -0.2) is 0 Å². The topological polar surface area (TPSA) is 21.3 Å². The Morgan fingerprint density at radius 2 is 2.06 bits per heavy atom. The maximum Gasteiger partial charge on any atom is 0.0666 e. The summed E-state index contributed by atoms with van der Waals surface area (Å²) >= 11 is 5.99. The van der Waals surface area contributed by atoms with E-state index in [2.05, 4.69) is 26.1 Å². The third-order valence-electron chi connectivity index (χ3n) is 2.69. The Bertz CT molecular complexity index is 339.